The maximum absolute atomic E-state index is 13.3. The van der Waals surface area contributed by atoms with Crippen LogP contribution in [0.4, 0.5) is 17.6 Å². The number of nitrogens with zero attached hydrogens (tertiary/aromatic N) is 3. The Morgan fingerprint density at radius 1 is 1.07 bits per heavy atom. The van der Waals surface area contributed by atoms with Crippen LogP contribution in [0.25, 0.3) is 11.5 Å². The highest BCUT2D eigenvalue weighted by Crippen LogP contribution is 2.34. The van der Waals surface area contributed by atoms with Gasteiger partial charge in [0.2, 0.25) is 11.8 Å². The maximum Gasteiger partial charge on any atom is 0.417 e. The molecular formula is C21H17F4N3O2. The second-order valence-corrected chi connectivity index (χ2v) is 7.09. The quantitative estimate of drug-likeness (QED) is 0.566. The standard InChI is InChI=1S/C21H17F4N3O2/c22-15-9-7-13(8-10-15)18-26-27-19(30-18)14-4-3-11-28(12-14)20(29)16-5-1-2-6-17(16)21(23,24)25/h1-2,5-10,14H,3-4,11-12H2. The van der Waals surface area contributed by atoms with Gasteiger partial charge in [-0.1, -0.05) is 12.1 Å². The Kier molecular flexibility index (Phi) is 5.27. The highest BCUT2D eigenvalue weighted by molar-refractivity contribution is 5.96. The van der Waals surface area contributed by atoms with Crippen molar-refractivity contribution < 1.29 is 26.8 Å². The molecule has 1 unspecified atom stereocenters. The third-order valence-electron chi connectivity index (χ3n) is 5.05. The molecule has 9 heteroatoms. The van der Waals surface area contributed by atoms with E-state index in [9.17, 15) is 22.4 Å². The fourth-order valence-electron chi connectivity index (χ4n) is 3.56. The van der Waals surface area contributed by atoms with E-state index < -0.39 is 17.6 Å². The Morgan fingerprint density at radius 2 is 1.80 bits per heavy atom. The van der Waals surface area contributed by atoms with E-state index >= 15 is 0 Å². The van der Waals surface area contributed by atoms with Crippen LogP contribution >= 0.6 is 0 Å². The minimum atomic E-state index is -4.61. The molecule has 1 aromatic heterocycles. The molecule has 1 aliphatic heterocycles. The molecule has 4 rings (SSSR count). The van der Waals surface area contributed by atoms with Gasteiger partial charge in [0.15, 0.2) is 0 Å². The van der Waals surface area contributed by atoms with Gasteiger partial charge in [-0.2, -0.15) is 13.2 Å². The molecule has 1 fully saturated rings. The number of amides is 1. The summed E-state index contributed by atoms with van der Waals surface area (Å²) in [5.41, 5.74) is -0.769. The molecule has 2 heterocycles. The van der Waals surface area contributed by atoms with Crippen LogP contribution in [-0.2, 0) is 6.18 Å². The van der Waals surface area contributed by atoms with Gasteiger partial charge in [0.1, 0.15) is 5.82 Å². The first kappa shape index (κ1) is 20.1. The number of aromatic nitrogens is 2. The van der Waals surface area contributed by atoms with Crippen molar-refractivity contribution in [1.29, 1.82) is 0 Å². The first-order valence-corrected chi connectivity index (χ1v) is 9.38. The van der Waals surface area contributed by atoms with Crippen molar-refractivity contribution in [3.05, 3.63) is 71.4 Å². The Bertz CT molecular complexity index is 1050. The topological polar surface area (TPSA) is 59.2 Å². The van der Waals surface area contributed by atoms with E-state index in [2.05, 4.69) is 10.2 Å². The number of hydrogen-bond acceptors (Lipinski definition) is 4. The van der Waals surface area contributed by atoms with Gasteiger partial charge >= 0.3 is 6.18 Å². The van der Waals surface area contributed by atoms with E-state index in [4.69, 9.17) is 4.42 Å². The summed E-state index contributed by atoms with van der Waals surface area (Å²) in [6.45, 7) is 0.524. The van der Waals surface area contributed by atoms with Gasteiger partial charge in [0, 0.05) is 18.7 Å². The van der Waals surface area contributed by atoms with Crippen LogP contribution in [0, 0.1) is 5.82 Å². The lowest BCUT2D eigenvalue weighted by Crippen LogP contribution is -2.40. The predicted octanol–water partition coefficient (Wildman–Crippen LogP) is 4.91. The molecule has 1 saturated heterocycles. The zero-order valence-corrected chi connectivity index (χ0v) is 15.7. The monoisotopic (exact) mass is 419 g/mol. The van der Waals surface area contributed by atoms with Crippen molar-refractivity contribution in [3.8, 4) is 11.5 Å². The molecule has 0 radical (unpaired) electrons. The zero-order chi connectivity index (χ0) is 21.3. The minimum absolute atomic E-state index is 0.177. The number of likely N-dealkylation sites (tertiary alicyclic amines) is 1. The van der Waals surface area contributed by atoms with Crippen LogP contribution in [-0.4, -0.2) is 34.1 Å². The molecule has 0 bridgehead atoms. The van der Waals surface area contributed by atoms with Gasteiger partial charge in [-0.25, -0.2) is 4.39 Å². The number of piperidine rings is 1. The van der Waals surface area contributed by atoms with Gasteiger partial charge < -0.3 is 9.32 Å². The molecule has 1 atom stereocenters. The third-order valence-corrected chi connectivity index (χ3v) is 5.05. The summed E-state index contributed by atoms with van der Waals surface area (Å²) in [5.74, 6) is -0.834. The lowest BCUT2D eigenvalue weighted by atomic mass is 9.96. The fourth-order valence-corrected chi connectivity index (χ4v) is 3.56. The van der Waals surface area contributed by atoms with Crippen LogP contribution in [0.15, 0.2) is 52.9 Å². The largest absolute Gasteiger partial charge is 0.420 e. The highest BCUT2D eigenvalue weighted by Gasteiger charge is 2.37. The second-order valence-electron chi connectivity index (χ2n) is 7.09. The molecule has 156 valence electrons. The Balaban J connectivity index is 1.53. The number of halogens is 4. The van der Waals surface area contributed by atoms with Crippen molar-refractivity contribution in [2.24, 2.45) is 0 Å². The average Bonchev–Trinajstić information content (AvgIpc) is 3.23. The van der Waals surface area contributed by atoms with Crippen LogP contribution in [0.5, 0.6) is 0 Å². The zero-order valence-electron chi connectivity index (χ0n) is 15.7. The Labute approximate surface area is 169 Å². The SMILES string of the molecule is O=C(c1ccccc1C(F)(F)F)N1CCCC(c2nnc(-c3ccc(F)cc3)o2)C1. The van der Waals surface area contributed by atoms with Crippen molar-refractivity contribution in [2.45, 2.75) is 24.9 Å². The van der Waals surface area contributed by atoms with Gasteiger partial charge in [-0.05, 0) is 49.2 Å². The maximum atomic E-state index is 13.3. The van der Waals surface area contributed by atoms with Crippen LogP contribution in [0.1, 0.15) is 40.6 Å². The number of hydrogen-bond donors (Lipinski definition) is 0. The summed E-state index contributed by atoms with van der Waals surface area (Å²) < 4.78 is 58.6. The van der Waals surface area contributed by atoms with E-state index in [-0.39, 0.29) is 29.7 Å². The molecule has 0 spiro atoms. The summed E-state index contributed by atoms with van der Waals surface area (Å²) in [6, 6.07) is 10.3. The Hall–Kier alpha value is -3.23. The van der Waals surface area contributed by atoms with Crippen molar-refractivity contribution in [2.75, 3.05) is 13.1 Å². The number of rotatable bonds is 3. The number of benzene rings is 2. The molecule has 5 nitrogen and oxygen atoms in total. The van der Waals surface area contributed by atoms with Crippen molar-refractivity contribution >= 4 is 5.91 Å². The summed E-state index contributed by atoms with van der Waals surface area (Å²) in [6.07, 6.45) is -3.35. The van der Waals surface area contributed by atoms with E-state index in [1.54, 1.807) is 0 Å². The lowest BCUT2D eigenvalue weighted by Gasteiger charge is -2.31. The van der Waals surface area contributed by atoms with E-state index in [0.717, 1.165) is 6.07 Å². The molecule has 1 amide bonds. The van der Waals surface area contributed by atoms with Gasteiger partial charge in [0.05, 0.1) is 17.0 Å². The molecule has 0 N–H and O–H groups in total. The van der Waals surface area contributed by atoms with Crippen LogP contribution in [0.3, 0.4) is 0 Å². The second kappa shape index (κ2) is 7.89. The van der Waals surface area contributed by atoms with E-state index in [1.165, 1.54) is 47.4 Å². The summed E-state index contributed by atoms with van der Waals surface area (Å²) >= 11 is 0. The molecule has 3 aromatic rings. The minimum Gasteiger partial charge on any atom is -0.420 e. The Morgan fingerprint density at radius 3 is 2.53 bits per heavy atom. The first-order valence-electron chi connectivity index (χ1n) is 9.38. The number of carbonyl (C=O) groups excluding carboxylic acids is 1. The fraction of sp³-hybridized carbons (Fsp3) is 0.286. The van der Waals surface area contributed by atoms with Gasteiger partial charge in [0.25, 0.3) is 5.91 Å². The van der Waals surface area contributed by atoms with E-state index in [0.29, 0.717) is 30.8 Å². The third kappa shape index (κ3) is 4.05. The van der Waals surface area contributed by atoms with Crippen molar-refractivity contribution in [1.82, 2.24) is 15.1 Å². The average molecular weight is 419 g/mol. The highest BCUT2D eigenvalue weighted by atomic mass is 19.4. The molecule has 1 aliphatic rings. The summed E-state index contributed by atoms with van der Waals surface area (Å²) in [7, 11) is 0. The van der Waals surface area contributed by atoms with Crippen LogP contribution in [0.2, 0.25) is 0 Å². The van der Waals surface area contributed by atoms with Crippen molar-refractivity contribution in [3.63, 3.8) is 0 Å². The summed E-state index contributed by atoms with van der Waals surface area (Å²) in [5, 5.41) is 8.01. The van der Waals surface area contributed by atoms with E-state index in [1.807, 2.05) is 0 Å². The number of alkyl halides is 3. The lowest BCUT2D eigenvalue weighted by molar-refractivity contribution is -0.138. The first-order chi connectivity index (χ1) is 14.3. The summed E-state index contributed by atoms with van der Waals surface area (Å²) in [4.78, 5) is 14.2. The molecule has 30 heavy (non-hydrogen) atoms. The molecule has 0 aliphatic carbocycles. The number of carbonyl (C=O) groups is 1. The predicted molar refractivity (Wildman–Crippen MR) is 99.0 cm³/mol. The normalized spacial score (nSPS) is 17.2. The smallest absolute Gasteiger partial charge is 0.417 e. The molecular weight excluding hydrogens is 402 g/mol. The van der Waals surface area contributed by atoms with Gasteiger partial charge in [-0.15, -0.1) is 10.2 Å². The van der Waals surface area contributed by atoms with Gasteiger partial charge in [-0.3, -0.25) is 4.79 Å². The molecule has 2 aromatic carbocycles. The van der Waals surface area contributed by atoms with Crippen LogP contribution < -0.4 is 0 Å². The molecule has 0 saturated carbocycles.